The first-order valence-electron chi connectivity index (χ1n) is 22.6. The van der Waals surface area contributed by atoms with E-state index in [0.717, 1.165) is 98.7 Å². The fourth-order valence-electron chi connectivity index (χ4n) is 12.6. The molecule has 4 fully saturated rings. The minimum absolute atomic E-state index is 0.0571. The van der Waals surface area contributed by atoms with E-state index < -0.39 is 0 Å². The number of esters is 1. The first-order chi connectivity index (χ1) is 24.0. The highest BCUT2D eigenvalue weighted by atomic mass is 16.5. The van der Waals surface area contributed by atoms with Crippen LogP contribution in [0.3, 0.4) is 0 Å². The van der Waals surface area contributed by atoms with Gasteiger partial charge in [-0.1, -0.05) is 118 Å². The third-order valence-corrected chi connectivity index (χ3v) is 15.9. The summed E-state index contributed by atoms with van der Waals surface area (Å²) in [4.78, 5) is 12.9. The topological polar surface area (TPSA) is 46.5 Å². The molecular formula is C47H84O3. The van der Waals surface area contributed by atoms with E-state index in [4.69, 9.17) is 4.74 Å². The molecule has 0 aromatic rings. The quantitative estimate of drug-likeness (QED) is 0.0696. The molecular weight excluding hydrogens is 613 g/mol. The van der Waals surface area contributed by atoms with Crippen molar-refractivity contribution < 1.29 is 14.6 Å². The molecule has 3 nitrogen and oxygen atoms in total. The highest BCUT2D eigenvalue weighted by Crippen LogP contribution is 2.68. The molecule has 0 saturated heterocycles. The molecule has 2 unspecified atom stereocenters. The Morgan fingerprint density at radius 3 is 2.26 bits per heavy atom. The van der Waals surface area contributed by atoms with Crippen LogP contribution >= 0.6 is 0 Å². The maximum atomic E-state index is 12.9. The predicted octanol–water partition coefficient (Wildman–Crippen LogP) is 13.7. The van der Waals surface area contributed by atoms with Crippen molar-refractivity contribution in [2.45, 2.75) is 221 Å². The number of allylic oxidation sites excluding steroid dienone is 1. The van der Waals surface area contributed by atoms with Gasteiger partial charge in [0.2, 0.25) is 0 Å². The highest BCUT2D eigenvalue weighted by molar-refractivity contribution is 5.69. The molecule has 3 heteroatoms. The zero-order valence-corrected chi connectivity index (χ0v) is 34.4. The van der Waals surface area contributed by atoms with E-state index in [-0.39, 0.29) is 18.2 Å². The number of aliphatic hydroxyl groups excluding tert-OH is 1. The summed E-state index contributed by atoms with van der Waals surface area (Å²) >= 11 is 0. The van der Waals surface area contributed by atoms with E-state index in [1.165, 1.54) is 103 Å². The summed E-state index contributed by atoms with van der Waals surface area (Å²) < 4.78 is 6.17. The lowest BCUT2D eigenvalue weighted by atomic mass is 9.44. The van der Waals surface area contributed by atoms with Gasteiger partial charge in [0.25, 0.3) is 0 Å². The number of ether oxygens (including phenoxy) is 1. The molecule has 0 amide bonds. The van der Waals surface area contributed by atoms with Crippen molar-refractivity contribution in [2.75, 3.05) is 0 Å². The summed E-state index contributed by atoms with van der Waals surface area (Å²) in [7, 11) is 0. The van der Waals surface area contributed by atoms with Crippen LogP contribution in [0.1, 0.15) is 209 Å². The third kappa shape index (κ3) is 11.1. The second kappa shape index (κ2) is 20.6. The van der Waals surface area contributed by atoms with E-state index >= 15 is 0 Å². The van der Waals surface area contributed by atoms with Gasteiger partial charge in [-0.2, -0.15) is 0 Å². The van der Waals surface area contributed by atoms with Gasteiger partial charge in [-0.05, 0) is 154 Å². The molecule has 0 radical (unpaired) electrons. The number of carbonyl (C=O) groups excluding carboxylic acids is 1. The van der Waals surface area contributed by atoms with E-state index in [1.807, 2.05) is 0 Å². The fourth-order valence-corrected chi connectivity index (χ4v) is 12.6. The molecule has 4 aliphatic carbocycles. The Morgan fingerprint density at radius 1 is 0.780 bits per heavy atom. The molecule has 11 atom stereocenters. The average molecular weight is 697 g/mol. The van der Waals surface area contributed by atoms with E-state index in [1.54, 1.807) is 0 Å². The van der Waals surface area contributed by atoms with E-state index in [9.17, 15) is 9.90 Å². The molecule has 50 heavy (non-hydrogen) atoms. The van der Waals surface area contributed by atoms with Crippen LogP contribution in [-0.2, 0) is 9.53 Å². The maximum Gasteiger partial charge on any atom is 0.306 e. The standard InChI is InChI=1S/C47H84O3/c1-8-10-11-18-21-39(48)22-19-16-14-12-13-15-17-20-23-45(49)50-40-30-32-46(6)38(34-40)26-27-41-43-29-28-42(47(43,7)33-31-44(41)46)36(5)24-25-37(9-2)35(3)4/h16,19,35-44,48H,8-15,17-18,20-34H2,1-7H3/t36-,37-,38?,39-,40?,41+,42-,43+,44+,46+,47-/m1/s1. The molecule has 290 valence electrons. The van der Waals surface area contributed by atoms with E-state index in [0.29, 0.717) is 17.3 Å². The Labute approximate surface area is 311 Å². The number of hydrogen-bond donors (Lipinski definition) is 1. The second-order valence-corrected chi connectivity index (χ2v) is 19.3. The van der Waals surface area contributed by atoms with Gasteiger partial charge in [0.15, 0.2) is 0 Å². The van der Waals surface area contributed by atoms with Crippen molar-refractivity contribution in [3.63, 3.8) is 0 Å². The van der Waals surface area contributed by atoms with Crippen molar-refractivity contribution in [1.82, 2.24) is 0 Å². The van der Waals surface area contributed by atoms with Gasteiger partial charge >= 0.3 is 5.97 Å². The molecule has 4 saturated carbocycles. The minimum atomic E-state index is -0.170. The lowest BCUT2D eigenvalue weighted by Gasteiger charge is -2.61. The van der Waals surface area contributed by atoms with Crippen LogP contribution in [0.15, 0.2) is 12.2 Å². The molecule has 4 aliphatic rings. The Hall–Kier alpha value is -0.830. The van der Waals surface area contributed by atoms with Crippen LogP contribution in [0.4, 0.5) is 0 Å². The third-order valence-electron chi connectivity index (χ3n) is 15.9. The zero-order valence-electron chi connectivity index (χ0n) is 34.4. The van der Waals surface area contributed by atoms with Crippen molar-refractivity contribution in [3.05, 3.63) is 12.2 Å². The first kappa shape index (κ1) is 41.9. The average Bonchev–Trinajstić information content (AvgIpc) is 3.45. The Bertz CT molecular complexity index is 1000. The van der Waals surface area contributed by atoms with Crippen LogP contribution in [0.25, 0.3) is 0 Å². The summed E-state index contributed by atoms with van der Waals surface area (Å²) in [6.45, 7) is 17.5. The number of carbonyl (C=O) groups is 1. The van der Waals surface area contributed by atoms with Crippen molar-refractivity contribution in [2.24, 2.45) is 58.2 Å². The van der Waals surface area contributed by atoms with Gasteiger partial charge in [0, 0.05) is 6.42 Å². The van der Waals surface area contributed by atoms with Crippen LogP contribution in [0, 0.1) is 58.2 Å². The Balaban J connectivity index is 1.11. The number of rotatable bonds is 22. The number of unbranched alkanes of at least 4 members (excludes halogenated alkanes) is 8. The second-order valence-electron chi connectivity index (χ2n) is 19.3. The Morgan fingerprint density at radius 2 is 1.50 bits per heavy atom. The molecule has 0 heterocycles. The normalized spacial score (nSPS) is 34.3. The van der Waals surface area contributed by atoms with Gasteiger partial charge in [-0.3, -0.25) is 4.79 Å². The fraction of sp³-hybridized carbons (Fsp3) is 0.936. The van der Waals surface area contributed by atoms with Gasteiger partial charge in [-0.15, -0.1) is 0 Å². The molecule has 1 N–H and O–H groups in total. The van der Waals surface area contributed by atoms with Crippen LogP contribution in [0.2, 0.25) is 0 Å². The molecule has 0 aliphatic heterocycles. The summed E-state index contributed by atoms with van der Waals surface area (Å²) in [6, 6.07) is 0. The van der Waals surface area contributed by atoms with Gasteiger partial charge in [-0.25, -0.2) is 0 Å². The van der Waals surface area contributed by atoms with Crippen LogP contribution in [0.5, 0.6) is 0 Å². The maximum absolute atomic E-state index is 12.9. The smallest absolute Gasteiger partial charge is 0.306 e. The number of fused-ring (bicyclic) bond motifs is 5. The summed E-state index contributed by atoms with van der Waals surface area (Å²) in [5.41, 5.74) is 1.01. The van der Waals surface area contributed by atoms with Gasteiger partial charge < -0.3 is 9.84 Å². The number of aliphatic hydroxyl groups is 1. The lowest BCUT2D eigenvalue weighted by molar-refractivity contribution is -0.162. The predicted molar refractivity (Wildman–Crippen MR) is 213 cm³/mol. The van der Waals surface area contributed by atoms with Gasteiger partial charge in [0.1, 0.15) is 6.10 Å². The first-order valence-corrected chi connectivity index (χ1v) is 22.6. The van der Waals surface area contributed by atoms with Gasteiger partial charge in [0.05, 0.1) is 6.10 Å². The molecule has 0 spiro atoms. The van der Waals surface area contributed by atoms with E-state index in [2.05, 4.69) is 60.6 Å². The highest BCUT2D eigenvalue weighted by Gasteiger charge is 2.60. The molecule has 0 aromatic heterocycles. The number of hydrogen-bond acceptors (Lipinski definition) is 3. The molecule has 0 aromatic carbocycles. The lowest BCUT2D eigenvalue weighted by Crippen LogP contribution is -2.54. The largest absolute Gasteiger partial charge is 0.462 e. The van der Waals surface area contributed by atoms with Crippen LogP contribution in [-0.4, -0.2) is 23.3 Å². The van der Waals surface area contributed by atoms with Crippen molar-refractivity contribution >= 4 is 5.97 Å². The summed E-state index contributed by atoms with van der Waals surface area (Å²) in [6.07, 6.45) is 34.8. The minimum Gasteiger partial charge on any atom is -0.462 e. The Kier molecular flexibility index (Phi) is 17.3. The summed E-state index contributed by atoms with van der Waals surface area (Å²) in [5, 5.41) is 10.1. The molecule has 0 bridgehead atoms. The summed E-state index contributed by atoms with van der Waals surface area (Å²) in [5.74, 6) is 7.06. The SMILES string of the molecule is CCCCCC[C@@H](O)CC=CCCCCCCCC(=O)OC1CC[C@@]2(C)C(CC[C@H]3[C@@H]4CC[C@H]([C@H](C)CC[C@@H](CC)C(C)C)[C@@]4(C)CC[C@@H]32)C1. The van der Waals surface area contributed by atoms with Crippen molar-refractivity contribution in [3.8, 4) is 0 Å². The van der Waals surface area contributed by atoms with Crippen molar-refractivity contribution in [1.29, 1.82) is 0 Å². The zero-order chi connectivity index (χ0) is 36.1. The molecule has 4 rings (SSSR count). The monoisotopic (exact) mass is 697 g/mol. The van der Waals surface area contributed by atoms with Crippen LogP contribution < -0.4 is 0 Å².